The van der Waals surface area contributed by atoms with Crippen LogP contribution in [0.15, 0.2) is 24.3 Å². The summed E-state index contributed by atoms with van der Waals surface area (Å²) in [4.78, 5) is 17.9. The Labute approximate surface area is 170 Å². The van der Waals surface area contributed by atoms with Gasteiger partial charge in [0.25, 0.3) is 0 Å². The van der Waals surface area contributed by atoms with Crippen LogP contribution < -0.4 is 5.32 Å². The Morgan fingerprint density at radius 2 is 1.68 bits per heavy atom. The Morgan fingerprint density at radius 3 is 2.32 bits per heavy atom. The summed E-state index contributed by atoms with van der Waals surface area (Å²) in [5.41, 5.74) is 3.11. The first-order valence-electron chi connectivity index (χ1n) is 11.4. The first-order chi connectivity index (χ1) is 13.6. The number of carbonyl (C=O) groups is 1. The van der Waals surface area contributed by atoms with Gasteiger partial charge >= 0.3 is 0 Å². The maximum absolute atomic E-state index is 12.5. The molecule has 1 amide bonds. The summed E-state index contributed by atoms with van der Waals surface area (Å²) in [5.74, 6) is 0.990. The van der Waals surface area contributed by atoms with E-state index in [-0.39, 0.29) is 11.8 Å². The molecule has 2 fully saturated rings. The molecule has 4 rings (SSSR count). The van der Waals surface area contributed by atoms with Gasteiger partial charge in [-0.3, -0.25) is 14.6 Å². The van der Waals surface area contributed by atoms with E-state index in [1.807, 2.05) is 0 Å². The maximum atomic E-state index is 12.5. The van der Waals surface area contributed by atoms with E-state index < -0.39 is 0 Å². The third kappa shape index (κ3) is 4.60. The van der Waals surface area contributed by atoms with E-state index in [0.717, 1.165) is 25.9 Å². The number of benzene rings is 1. The van der Waals surface area contributed by atoms with E-state index in [1.165, 1.54) is 45.3 Å². The second-order valence-corrected chi connectivity index (χ2v) is 9.57. The molecular weight excluding hydrogens is 346 g/mol. The molecule has 3 aliphatic rings. The Kier molecular flexibility index (Phi) is 6.37. The molecule has 28 heavy (non-hydrogen) atoms. The molecule has 0 spiro atoms. The van der Waals surface area contributed by atoms with E-state index in [1.54, 1.807) is 11.1 Å². The van der Waals surface area contributed by atoms with Crippen LogP contribution in [0.3, 0.4) is 0 Å². The summed E-state index contributed by atoms with van der Waals surface area (Å²) in [5, 5.41) is 3.15. The normalized spacial score (nSPS) is 25.2. The van der Waals surface area contributed by atoms with Crippen molar-refractivity contribution in [1.29, 1.82) is 0 Å². The zero-order chi connectivity index (χ0) is 19.5. The Hall–Kier alpha value is -1.39. The lowest BCUT2D eigenvalue weighted by atomic mass is 9.92. The fraction of sp³-hybridized carbons (Fsp3) is 0.708. The minimum atomic E-state index is 0.190. The summed E-state index contributed by atoms with van der Waals surface area (Å²) in [7, 11) is 0. The van der Waals surface area contributed by atoms with Crippen molar-refractivity contribution in [2.45, 2.75) is 64.5 Å². The van der Waals surface area contributed by atoms with Crippen molar-refractivity contribution in [3.05, 3.63) is 35.4 Å². The summed E-state index contributed by atoms with van der Waals surface area (Å²) < 4.78 is 0. The van der Waals surface area contributed by atoms with Gasteiger partial charge in [-0.25, -0.2) is 0 Å². The van der Waals surface area contributed by atoms with E-state index in [0.29, 0.717) is 18.0 Å². The molecule has 4 heteroatoms. The lowest BCUT2D eigenvalue weighted by Crippen LogP contribution is -2.52. The molecule has 1 N–H and O–H groups in total. The standard InChI is InChI=1S/C24H37N3O/c1-18(2)16-25-24(28)21-8-5-11-27(17-21)22-9-12-26(13-10-22)23-14-19-6-3-4-7-20(19)15-23/h3-4,6-7,18,21-23H,5,8-17H2,1-2H3,(H,25,28)/t21-/m1/s1. The molecule has 4 nitrogen and oxygen atoms in total. The molecule has 1 aliphatic carbocycles. The summed E-state index contributed by atoms with van der Waals surface area (Å²) in [6, 6.07) is 10.3. The summed E-state index contributed by atoms with van der Waals surface area (Å²) >= 11 is 0. The second kappa shape index (κ2) is 8.96. The number of rotatable bonds is 5. The highest BCUT2D eigenvalue weighted by Crippen LogP contribution is 2.29. The van der Waals surface area contributed by atoms with Crippen molar-refractivity contribution in [2.75, 3.05) is 32.7 Å². The van der Waals surface area contributed by atoms with Gasteiger partial charge in [0.15, 0.2) is 0 Å². The summed E-state index contributed by atoms with van der Waals surface area (Å²) in [6.45, 7) is 9.68. The molecule has 154 valence electrons. The van der Waals surface area contributed by atoms with Gasteiger partial charge in [-0.1, -0.05) is 38.1 Å². The largest absolute Gasteiger partial charge is 0.356 e. The molecule has 2 heterocycles. The molecule has 1 aromatic carbocycles. The number of hydrogen-bond acceptors (Lipinski definition) is 3. The highest BCUT2D eigenvalue weighted by Gasteiger charge is 2.34. The van der Waals surface area contributed by atoms with Crippen LogP contribution in [0.25, 0.3) is 0 Å². The molecule has 0 radical (unpaired) electrons. The van der Waals surface area contributed by atoms with Crippen molar-refractivity contribution < 1.29 is 4.79 Å². The molecular formula is C24H37N3O. The maximum Gasteiger partial charge on any atom is 0.224 e. The van der Waals surface area contributed by atoms with E-state index in [4.69, 9.17) is 0 Å². The Bertz CT molecular complexity index is 641. The minimum Gasteiger partial charge on any atom is -0.356 e. The van der Waals surface area contributed by atoms with Gasteiger partial charge in [-0.2, -0.15) is 0 Å². The van der Waals surface area contributed by atoms with E-state index in [2.05, 4.69) is 53.2 Å². The van der Waals surface area contributed by atoms with Crippen LogP contribution in [0.2, 0.25) is 0 Å². The first-order valence-corrected chi connectivity index (χ1v) is 11.4. The first kappa shape index (κ1) is 19.9. The van der Waals surface area contributed by atoms with E-state index in [9.17, 15) is 4.79 Å². The Balaban J connectivity index is 1.25. The van der Waals surface area contributed by atoms with Crippen LogP contribution in [0, 0.1) is 11.8 Å². The molecule has 0 unspecified atom stereocenters. The predicted octanol–water partition coefficient (Wildman–Crippen LogP) is 3.10. The Morgan fingerprint density at radius 1 is 1.00 bits per heavy atom. The number of hydrogen-bond donors (Lipinski definition) is 1. The number of piperidine rings is 2. The average molecular weight is 384 g/mol. The summed E-state index contributed by atoms with van der Waals surface area (Å²) in [6.07, 6.45) is 7.18. The molecule has 1 atom stereocenters. The monoisotopic (exact) mass is 383 g/mol. The number of likely N-dealkylation sites (tertiary alicyclic amines) is 2. The number of fused-ring (bicyclic) bond motifs is 1. The molecule has 2 saturated heterocycles. The van der Waals surface area contributed by atoms with E-state index >= 15 is 0 Å². The van der Waals surface area contributed by atoms with Crippen molar-refractivity contribution >= 4 is 5.91 Å². The van der Waals surface area contributed by atoms with Crippen LogP contribution in [0.5, 0.6) is 0 Å². The van der Waals surface area contributed by atoms with Gasteiger partial charge in [-0.15, -0.1) is 0 Å². The van der Waals surface area contributed by atoms with Crippen LogP contribution in [0.4, 0.5) is 0 Å². The van der Waals surface area contributed by atoms with Crippen molar-refractivity contribution in [1.82, 2.24) is 15.1 Å². The van der Waals surface area contributed by atoms with Crippen molar-refractivity contribution in [3.63, 3.8) is 0 Å². The smallest absolute Gasteiger partial charge is 0.224 e. The number of nitrogens with zero attached hydrogens (tertiary/aromatic N) is 2. The highest BCUT2D eigenvalue weighted by atomic mass is 16.1. The minimum absolute atomic E-state index is 0.190. The topological polar surface area (TPSA) is 35.6 Å². The van der Waals surface area contributed by atoms with Crippen molar-refractivity contribution in [2.24, 2.45) is 11.8 Å². The molecule has 1 aromatic rings. The van der Waals surface area contributed by atoms with Gasteiger partial charge < -0.3 is 5.32 Å². The SMILES string of the molecule is CC(C)CNC(=O)[C@@H]1CCCN(C2CCN(C3Cc4ccccc4C3)CC2)C1. The zero-order valence-electron chi connectivity index (χ0n) is 17.7. The molecule has 2 aliphatic heterocycles. The van der Waals surface area contributed by atoms with Gasteiger partial charge in [0, 0.05) is 25.2 Å². The molecule has 0 saturated carbocycles. The highest BCUT2D eigenvalue weighted by molar-refractivity contribution is 5.78. The van der Waals surface area contributed by atoms with Gasteiger partial charge in [-0.05, 0) is 75.2 Å². The van der Waals surface area contributed by atoms with Crippen LogP contribution in [-0.4, -0.2) is 60.5 Å². The number of amides is 1. The fourth-order valence-corrected chi connectivity index (χ4v) is 5.41. The second-order valence-electron chi connectivity index (χ2n) is 9.57. The van der Waals surface area contributed by atoms with Crippen molar-refractivity contribution in [3.8, 4) is 0 Å². The predicted molar refractivity (Wildman–Crippen MR) is 114 cm³/mol. The van der Waals surface area contributed by atoms with Crippen LogP contribution in [-0.2, 0) is 17.6 Å². The number of carbonyl (C=O) groups excluding carboxylic acids is 1. The fourth-order valence-electron chi connectivity index (χ4n) is 5.41. The molecule has 0 bridgehead atoms. The van der Waals surface area contributed by atoms with Crippen LogP contribution in [0.1, 0.15) is 50.7 Å². The third-order valence-electron chi connectivity index (χ3n) is 7.07. The zero-order valence-corrected chi connectivity index (χ0v) is 17.7. The third-order valence-corrected chi connectivity index (χ3v) is 7.07. The van der Waals surface area contributed by atoms with Gasteiger partial charge in [0.2, 0.25) is 5.91 Å². The van der Waals surface area contributed by atoms with Gasteiger partial charge in [0.1, 0.15) is 0 Å². The lowest BCUT2D eigenvalue weighted by Gasteiger charge is -2.43. The van der Waals surface area contributed by atoms with Gasteiger partial charge in [0.05, 0.1) is 5.92 Å². The average Bonchev–Trinajstić information content (AvgIpc) is 3.16. The molecule has 0 aromatic heterocycles. The quantitative estimate of drug-likeness (QED) is 0.849. The number of nitrogens with one attached hydrogen (secondary N) is 1. The van der Waals surface area contributed by atoms with Crippen LogP contribution >= 0.6 is 0 Å². The lowest BCUT2D eigenvalue weighted by molar-refractivity contribution is -0.127.